The fourth-order valence-electron chi connectivity index (χ4n) is 9.59. The summed E-state index contributed by atoms with van der Waals surface area (Å²) >= 11 is 0. The average molecular weight is 865 g/mol. The zero-order valence-electron chi connectivity index (χ0n) is 37.4. The summed E-state index contributed by atoms with van der Waals surface area (Å²) in [6, 6.07) is 60.4. The van der Waals surface area contributed by atoms with Crippen LogP contribution in [0.1, 0.15) is 86.8 Å². The van der Waals surface area contributed by atoms with E-state index in [1.807, 2.05) is 0 Å². The van der Waals surface area contributed by atoms with E-state index in [4.69, 9.17) is 9.47 Å². The molecule has 0 heterocycles. The monoisotopic (exact) mass is 864 g/mol. The first kappa shape index (κ1) is 42.3. The number of anilines is 6. The maximum atomic E-state index is 13.0. The Hall–Kier alpha value is -7.70. The SMILES string of the molecule is CCCCCC(=O)OC1CC=Cc2ccc(N(c3ccc(-c4ccc(N(c5ccc6c(c5)C=CCC6OC(C)=O)c5cccc6ccccc56)cc4)cc3)c3cccc4ccccc34)cc21. The standard InChI is InChI=1S/C60H52N2O4/c1-3-4-5-26-60(64)66-59-25-12-18-46-31-36-51(40-55(46)59)62(57-23-11-17-45-15-7-9-21-53(45)57)49-34-29-43(30-35-49)42-27-32-48(33-28-42)61(56-22-10-16-44-14-6-8-20-52(44)56)50-37-38-54-47(39-50)19-13-24-58(54)65-41(2)63/h6-23,27-40,58-59H,3-5,24-26H2,1-2H3. The first-order valence-electron chi connectivity index (χ1n) is 23.2. The van der Waals surface area contributed by atoms with Gasteiger partial charge in [-0.15, -0.1) is 0 Å². The molecule has 0 saturated heterocycles. The molecular formula is C60H52N2O4. The molecule has 0 spiro atoms. The van der Waals surface area contributed by atoms with E-state index in [0.29, 0.717) is 19.3 Å². The molecule has 6 heteroatoms. The molecule has 66 heavy (non-hydrogen) atoms. The molecule has 2 aliphatic carbocycles. The number of esters is 2. The van der Waals surface area contributed by atoms with Crippen molar-refractivity contribution in [1.82, 2.24) is 0 Å². The van der Waals surface area contributed by atoms with Gasteiger partial charge >= 0.3 is 11.9 Å². The number of hydrogen-bond acceptors (Lipinski definition) is 6. The lowest BCUT2D eigenvalue weighted by Crippen LogP contribution is -2.16. The Bertz CT molecular complexity index is 3120. The van der Waals surface area contributed by atoms with Crippen LogP contribution in [0.15, 0.2) is 182 Å². The predicted octanol–water partition coefficient (Wildman–Crippen LogP) is 16.2. The van der Waals surface area contributed by atoms with Crippen LogP contribution in [0.4, 0.5) is 34.1 Å². The topological polar surface area (TPSA) is 59.1 Å². The molecule has 0 fully saturated rings. The minimum Gasteiger partial charge on any atom is -0.457 e. The van der Waals surface area contributed by atoms with Crippen molar-refractivity contribution in [3.8, 4) is 11.1 Å². The summed E-state index contributed by atoms with van der Waals surface area (Å²) in [7, 11) is 0. The van der Waals surface area contributed by atoms with Crippen molar-refractivity contribution in [2.24, 2.45) is 0 Å². The Kier molecular flexibility index (Phi) is 12.0. The van der Waals surface area contributed by atoms with Crippen LogP contribution in [0.5, 0.6) is 0 Å². The van der Waals surface area contributed by atoms with Gasteiger partial charge in [-0.25, -0.2) is 0 Å². The predicted molar refractivity (Wildman–Crippen MR) is 271 cm³/mol. The zero-order valence-corrected chi connectivity index (χ0v) is 37.4. The first-order chi connectivity index (χ1) is 32.4. The van der Waals surface area contributed by atoms with Crippen molar-refractivity contribution >= 4 is 79.8 Å². The van der Waals surface area contributed by atoms with E-state index >= 15 is 0 Å². The van der Waals surface area contributed by atoms with Gasteiger partial charge in [-0.2, -0.15) is 0 Å². The van der Waals surface area contributed by atoms with E-state index in [1.165, 1.54) is 6.92 Å². The smallest absolute Gasteiger partial charge is 0.306 e. The van der Waals surface area contributed by atoms with E-state index in [-0.39, 0.29) is 24.1 Å². The molecular weight excluding hydrogens is 813 g/mol. The second kappa shape index (κ2) is 18.8. The fraction of sp³-hybridized carbons (Fsp3) is 0.167. The molecule has 0 aromatic heterocycles. The van der Waals surface area contributed by atoms with E-state index in [9.17, 15) is 9.59 Å². The molecule has 0 saturated carbocycles. The van der Waals surface area contributed by atoms with Crippen molar-refractivity contribution in [3.05, 3.63) is 204 Å². The number of hydrogen-bond donors (Lipinski definition) is 0. The minimum absolute atomic E-state index is 0.136. The highest BCUT2D eigenvalue weighted by Gasteiger charge is 2.25. The highest BCUT2D eigenvalue weighted by molar-refractivity contribution is 6.00. The molecule has 6 nitrogen and oxygen atoms in total. The van der Waals surface area contributed by atoms with Crippen molar-refractivity contribution in [1.29, 1.82) is 0 Å². The third-order valence-corrected chi connectivity index (χ3v) is 12.8. The number of carbonyl (C=O) groups excluding carboxylic acids is 2. The van der Waals surface area contributed by atoms with Gasteiger partial charge in [-0.05, 0) is 100 Å². The van der Waals surface area contributed by atoms with Crippen LogP contribution in [0.2, 0.25) is 0 Å². The van der Waals surface area contributed by atoms with Gasteiger partial charge in [0.25, 0.3) is 0 Å². The molecule has 0 radical (unpaired) electrons. The van der Waals surface area contributed by atoms with Crippen LogP contribution in [0.25, 0.3) is 44.8 Å². The summed E-state index contributed by atoms with van der Waals surface area (Å²) in [6.45, 7) is 3.61. The highest BCUT2D eigenvalue weighted by Crippen LogP contribution is 2.45. The summed E-state index contributed by atoms with van der Waals surface area (Å²) in [4.78, 5) is 29.6. The van der Waals surface area contributed by atoms with Gasteiger partial charge in [0, 0.05) is 70.8 Å². The largest absolute Gasteiger partial charge is 0.457 e. The Morgan fingerprint density at radius 3 is 1.62 bits per heavy atom. The first-order valence-corrected chi connectivity index (χ1v) is 23.2. The quantitative estimate of drug-likeness (QED) is 0.0850. The third kappa shape index (κ3) is 8.62. The normalized spacial score (nSPS) is 14.9. The van der Waals surface area contributed by atoms with Gasteiger partial charge in [0.1, 0.15) is 12.2 Å². The number of rotatable bonds is 13. The van der Waals surface area contributed by atoms with E-state index in [2.05, 4.69) is 211 Å². The molecule has 2 aliphatic rings. The second-order valence-electron chi connectivity index (χ2n) is 17.2. The summed E-state index contributed by atoms with van der Waals surface area (Å²) in [5.74, 6) is -0.415. The van der Waals surface area contributed by atoms with E-state index in [1.54, 1.807) is 0 Å². The minimum atomic E-state index is -0.334. The van der Waals surface area contributed by atoms with Crippen LogP contribution in [0, 0.1) is 0 Å². The van der Waals surface area contributed by atoms with E-state index in [0.717, 1.165) is 108 Å². The molecule has 8 aromatic rings. The van der Waals surface area contributed by atoms with Crippen LogP contribution < -0.4 is 9.80 Å². The maximum absolute atomic E-state index is 13.0. The Balaban J connectivity index is 1.000. The lowest BCUT2D eigenvalue weighted by molar-refractivity contribution is -0.149. The van der Waals surface area contributed by atoms with Gasteiger partial charge in [-0.1, -0.05) is 153 Å². The molecule has 2 unspecified atom stereocenters. The Morgan fingerprint density at radius 2 is 1.03 bits per heavy atom. The summed E-state index contributed by atoms with van der Waals surface area (Å²) in [6.07, 6.45) is 12.5. The van der Waals surface area contributed by atoms with Gasteiger partial charge in [0.15, 0.2) is 0 Å². The third-order valence-electron chi connectivity index (χ3n) is 12.8. The van der Waals surface area contributed by atoms with Crippen molar-refractivity contribution in [3.63, 3.8) is 0 Å². The van der Waals surface area contributed by atoms with Gasteiger partial charge in [-0.3, -0.25) is 9.59 Å². The molecule has 2 atom stereocenters. The van der Waals surface area contributed by atoms with Crippen LogP contribution in [-0.2, 0) is 19.1 Å². The number of ether oxygens (including phenoxy) is 2. The lowest BCUT2D eigenvalue weighted by Gasteiger charge is -2.30. The fourth-order valence-corrected chi connectivity index (χ4v) is 9.59. The molecule has 10 rings (SSSR count). The van der Waals surface area contributed by atoms with Crippen molar-refractivity contribution < 1.29 is 19.1 Å². The Morgan fingerprint density at radius 1 is 0.515 bits per heavy atom. The molecule has 0 bridgehead atoms. The molecule has 0 N–H and O–H groups in total. The number of carbonyl (C=O) groups is 2. The summed E-state index contributed by atoms with van der Waals surface area (Å²) in [5.41, 5.74) is 12.5. The van der Waals surface area contributed by atoms with Gasteiger partial charge < -0.3 is 19.3 Å². The van der Waals surface area contributed by atoms with Crippen molar-refractivity contribution in [2.75, 3.05) is 9.80 Å². The highest BCUT2D eigenvalue weighted by atomic mass is 16.5. The van der Waals surface area contributed by atoms with Crippen LogP contribution >= 0.6 is 0 Å². The average Bonchev–Trinajstić information content (AvgIpc) is 3.35. The zero-order chi connectivity index (χ0) is 45.0. The molecule has 0 aliphatic heterocycles. The number of benzene rings is 8. The number of fused-ring (bicyclic) bond motifs is 4. The number of unbranched alkanes of at least 4 members (excludes halogenated alkanes) is 2. The maximum Gasteiger partial charge on any atom is 0.306 e. The summed E-state index contributed by atoms with van der Waals surface area (Å²) < 4.78 is 11.9. The van der Waals surface area contributed by atoms with Crippen molar-refractivity contribution in [2.45, 2.75) is 64.6 Å². The van der Waals surface area contributed by atoms with Gasteiger partial charge in [0.2, 0.25) is 0 Å². The van der Waals surface area contributed by atoms with Crippen LogP contribution in [0.3, 0.4) is 0 Å². The molecule has 0 amide bonds. The second-order valence-corrected chi connectivity index (χ2v) is 17.2. The van der Waals surface area contributed by atoms with Crippen LogP contribution in [-0.4, -0.2) is 11.9 Å². The molecule has 326 valence electrons. The Labute approximate surface area is 387 Å². The van der Waals surface area contributed by atoms with Gasteiger partial charge in [0.05, 0.1) is 11.4 Å². The lowest BCUT2D eigenvalue weighted by atomic mass is 9.93. The summed E-state index contributed by atoms with van der Waals surface area (Å²) in [5, 5.41) is 4.62. The van der Waals surface area contributed by atoms with E-state index < -0.39 is 0 Å². The number of nitrogens with zero attached hydrogens (tertiary/aromatic N) is 2. The molecule has 8 aromatic carbocycles.